The number of carbonyl (C=O) groups excluding carboxylic acids is 2. The number of Topliss-reactive ketones (excluding diaryl/α,β-unsaturated/α-hetero) is 2. The minimum absolute atomic E-state index is 0.109. The Bertz CT molecular complexity index is 2260. The van der Waals surface area contributed by atoms with Crippen LogP contribution in [0.4, 0.5) is 0 Å². The zero-order chi connectivity index (χ0) is 40.3. The fraction of sp³-hybridized carbons (Fsp3) is 0.106. The van der Waals surface area contributed by atoms with E-state index >= 15 is 0 Å². The summed E-state index contributed by atoms with van der Waals surface area (Å²) in [6, 6.07) is 47.2. The van der Waals surface area contributed by atoms with Gasteiger partial charge in [0.25, 0.3) is 8.46 Å². The lowest BCUT2D eigenvalue weighted by Gasteiger charge is -2.46. The molecule has 0 aromatic heterocycles. The molecule has 9 nitrogen and oxygen atoms in total. The maximum Gasteiger partial charge on any atom is 0.421 e. The molecule has 0 heterocycles. The molecule has 0 aliphatic heterocycles. The van der Waals surface area contributed by atoms with Crippen LogP contribution < -0.4 is 28.4 Å². The third kappa shape index (κ3) is 9.47. The summed E-state index contributed by atoms with van der Waals surface area (Å²) in [6.07, 6.45) is -1.70. The Morgan fingerprint density at radius 2 is 0.754 bits per heavy atom. The van der Waals surface area contributed by atoms with Crippen molar-refractivity contribution in [2.45, 2.75) is 31.5 Å². The molecule has 0 N–H and O–H groups in total. The highest BCUT2D eigenvalue weighted by atomic mass is 31.1. The number of allylic oxidation sites excluding steroid dienone is 2. The number of ketones is 2. The molecule has 0 aliphatic rings. The van der Waals surface area contributed by atoms with E-state index in [9.17, 15) is 14.2 Å². The molecule has 6 aromatic rings. The fourth-order valence-corrected chi connectivity index (χ4v) is 6.18. The van der Waals surface area contributed by atoms with Crippen molar-refractivity contribution in [3.05, 3.63) is 205 Å². The van der Waals surface area contributed by atoms with Crippen molar-refractivity contribution < 1.29 is 42.6 Å². The quantitative estimate of drug-likeness (QED) is 0.0344. The first-order chi connectivity index (χ1) is 27.6. The largest absolute Gasteiger partial charge is 0.447 e. The summed E-state index contributed by atoms with van der Waals surface area (Å²) < 4.78 is 55.2. The van der Waals surface area contributed by atoms with Crippen molar-refractivity contribution in [3.8, 4) is 34.5 Å². The first-order valence-corrected chi connectivity index (χ1v) is 18.7. The molecule has 0 fully saturated rings. The Labute approximate surface area is 332 Å². The molecule has 2 unspecified atom stereocenters. The van der Waals surface area contributed by atoms with Crippen LogP contribution in [-0.2, 0) is 4.57 Å². The molecule has 2 atom stereocenters. The molecule has 0 spiro atoms. The molecule has 0 saturated carbocycles. The second-order valence-electron chi connectivity index (χ2n) is 12.8. The highest BCUT2D eigenvalue weighted by Crippen LogP contribution is 2.47. The van der Waals surface area contributed by atoms with Crippen LogP contribution >= 0.6 is 8.46 Å². The molecule has 57 heavy (non-hydrogen) atoms. The first-order valence-electron chi connectivity index (χ1n) is 17.9. The smallest absolute Gasteiger partial charge is 0.421 e. The van der Waals surface area contributed by atoms with Crippen LogP contribution in [-0.4, -0.2) is 29.2 Å². The van der Waals surface area contributed by atoms with Gasteiger partial charge in [0.1, 0.15) is 34.5 Å². The summed E-state index contributed by atoms with van der Waals surface area (Å²) in [5.74, 6) is -1.75. The van der Waals surface area contributed by atoms with Crippen LogP contribution in [0.3, 0.4) is 0 Å². The maximum absolute atomic E-state index is 14.4. The van der Waals surface area contributed by atoms with Gasteiger partial charge < -0.3 is 28.4 Å². The monoisotopic (exact) mass is 778 g/mol. The number of hydrogen-bond acceptors (Lipinski definition) is 9. The van der Waals surface area contributed by atoms with Gasteiger partial charge in [0.15, 0.2) is 11.6 Å². The van der Waals surface area contributed by atoms with Crippen molar-refractivity contribution in [3.63, 3.8) is 0 Å². The molecule has 286 valence electrons. The summed E-state index contributed by atoms with van der Waals surface area (Å²) in [7, 11) is -0.828. The summed E-state index contributed by atoms with van der Waals surface area (Å²) in [6.45, 7) is 10.8. The predicted octanol–water partition coefficient (Wildman–Crippen LogP) is 10.9. The van der Waals surface area contributed by atoms with E-state index in [-0.39, 0.29) is 34.6 Å². The normalized spacial score (nSPS) is 13.0. The average Bonchev–Trinajstić information content (AvgIpc) is 3.24. The molecule has 0 bridgehead atoms. The summed E-state index contributed by atoms with van der Waals surface area (Å²) in [4.78, 5) is 25.7. The van der Waals surface area contributed by atoms with E-state index < -0.39 is 26.1 Å². The van der Waals surface area contributed by atoms with Crippen LogP contribution in [0.1, 0.15) is 34.6 Å². The van der Waals surface area contributed by atoms with Crippen LogP contribution in [0.15, 0.2) is 194 Å². The summed E-state index contributed by atoms with van der Waals surface area (Å²) >= 11 is 0. The molecule has 6 aromatic carbocycles. The van der Waals surface area contributed by atoms with Crippen molar-refractivity contribution >= 4 is 20.0 Å². The van der Waals surface area contributed by atoms with Crippen LogP contribution in [0.5, 0.6) is 34.5 Å². The maximum atomic E-state index is 14.4. The van der Waals surface area contributed by atoms with Gasteiger partial charge in [0.2, 0.25) is 0 Å². The second kappa shape index (κ2) is 18.1. The van der Waals surface area contributed by atoms with Gasteiger partial charge in [-0.05, 0) is 122 Å². The lowest BCUT2D eigenvalue weighted by Crippen LogP contribution is -2.73. The second-order valence-corrected chi connectivity index (χ2v) is 13.6. The summed E-state index contributed by atoms with van der Waals surface area (Å²) in [5.41, 5.74) is -1.14. The third-order valence-corrected chi connectivity index (χ3v) is 9.12. The molecular weight excluding hydrogens is 739 g/mol. The molecule has 10 heteroatoms. The van der Waals surface area contributed by atoms with E-state index in [1.54, 1.807) is 159 Å². The number of hydrogen-bond donors (Lipinski definition) is 0. The molecule has 0 radical (unpaired) electrons. The van der Waals surface area contributed by atoms with E-state index in [0.29, 0.717) is 33.8 Å². The van der Waals surface area contributed by atoms with E-state index in [1.165, 1.54) is 12.1 Å². The van der Waals surface area contributed by atoms with Crippen molar-refractivity contribution in [2.75, 3.05) is 0 Å². The number of ether oxygens (including phenoxy) is 6. The first kappa shape index (κ1) is 39.7. The van der Waals surface area contributed by atoms with E-state index in [1.807, 2.05) is 12.1 Å². The average molecular weight is 779 g/mol. The standard InChI is InChI=1S/C47H39O9P/c1-33(2)43(48)35-25-29-41(30-26-35)54-46(53-39-21-13-7-14-22-39,45(51-37-17-9-5-10-18-37)52-38-19-11-6-12-20-38)47(57-50,55-40-23-15-8-16-24-40)56-42-31-27-36(28-32-42)44(49)34(3)4/h5-32,45H,1,3H2,2,4H3. The Balaban J connectivity index is 1.65. The van der Waals surface area contributed by atoms with Crippen LogP contribution in [0.25, 0.3) is 0 Å². The van der Waals surface area contributed by atoms with Crippen LogP contribution in [0, 0.1) is 0 Å². The SMILES string of the molecule is C=C(C)C(=O)c1ccc(OC(Oc2ccccc2)(P=O)C(Oc2ccccc2)(Oc2ccc(C(=O)C(=C)C)cc2)C(Oc2ccccc2)Oc2ccccc2)cc1. The van der Waals surface area contributed by atoms with E-state index in [0.717, 1.165) is 0 Å². The molecule has 6 rings (SSSR count). The van der Waals surface area contributed by atoms with Gasteiger partial charge in [-0.1, -0.05) is 86.0 Å². The Morgan fingerprint density at radius 3 is 1.09 bits per heavy atom. The zero-order valence-corrected chi connectivity index (χ0v) is 32.2. The molecule has 0 saturated heterocycles. The third-order valence-electron chi connectivity index (χ3n) is 8.39. The van der Waals surface area contributed by atoms with Crippen LogP contribution in [0.2, 0.25) is 0 Å². The van der Waals surface area contributed by atoms with Crippen molar-refractivity contribution in [1.29, 1.82) is 0 Å². The molecular formula is C47H39O9P. The van der Waals surface area contributed by atoms with Gasteiger partial charge in [0.05, 0.1) is 0 Å². The topological polar surface area (TPSA) is 107 Å². The molecule has 0 amide bonds. The van der Waals surface area contributed by atoms with Gasteiger partial charge in [-0.25, -0.2) is 0 Å². The predicted molar refractivity (Wildman–Crippen MR) is 218 cm³/mol. The van der Waals surface area contributed by atoms with Crippen molar-refractivity contribution in [2.24, 2.45) is 0 Å². The summed E-state index contributed by atoms with van der Waals surface area (Å²) in [5, 5.41) is 0. The van der Waals surface area contributed by atoms with Crippen molar-refractivity contribution in [1.82, 2.24) is 0 Å². The molecule has 0 aliphatic carbocycles. The Hall–Kier alpha value is -6.96. The zero-order valence-electron chi connectivity index (χ0n) is 31.3. The number of carbonyl (C=O) groups is 2. The van der Waals surface area contributed by atoms with Gasteiger partial charge in [-0.15, -0.1) is 0 Å². The number of benzene rings is 6. The van der Waals surface area contributed by atoms with E-state index in [2.05, 4.69) is 13.2 Å². The van der Waals surface area contributed by atoms with Gasteiger partial charge in [-0.2, -0.15) is 0 Å². The minimum atomic E-state index is -2.55. The van der Waals surface area contributed by atoms with Gasteiger partial charge >= 0.3 is 17.6 Å². The highest BCUT2D eigenvalue weighted by Gasteiger charge is 2.72. The lowest BCUT2D eigenvalue weighted by atomic mass is 10.1. The van der Waals surface area contributed by atoms with Gasteiger partial charge in [-0.3, -0.25) is 14.2 Å². The van der Waals surface area contributed by atoms with E-state index in [4.69, 9.17) is 28.4 Å². The Morgan fingerprint density at radius 1 is 0.456 bits per heavy atom. The van der Waals surface area contributed by atoms with Gasteiger partial charge in [0, 0.05) is 11.1 Å². The number of para-hydroxylation sites is 4. The minimum Gasteiger partial charge on any atom is -0.447 e. The lowest BCUT2D eigenvalue weighted by molar-refractivity contribution is -0.326. The number of rotatable bonds is 19. The highest BCUT2D eigenvalue weighted by molar-refractivity contribution is 7.25. The Kier molecular flexibility index (Phi) is 12.6. The fourth-order valence-electron chi connectivity index (χ4n) is 5.57.